The largest absolute Gasteiger partial charge is 0.491 e. The van der Waals surface area contributed by atoms with Gasteiger partial charge in [0.1, 0.15) is 24.4 Å². The molecule has 2 aromatic carbocycles. The van der Waals surface area contributed by atoms with E-state index >= 15 is 0 Å². The minimum absolute atomic E-state index is 0.152. The number of carbonyl (C=O) groups is 3. The zero-order chi connectivity index (χ0) is 24.5. The van der Waals surface area contributed by atoms with E-state index < -0.39 is 29.9 Å². The quantitative estimate of drug-likeness (QED) is 0.395. The SMILES string of the molecule is CC(C)[C@H](NC(=O)c1cc(Cl)ccc1OC[C@H](N)Cc1ccccc1)C(=O)N[C@@H](C)C(=O)O. The van der Waals surface area contributed by atoms with Gasteiger partial charge in [0.25, 0.3) is 5.91 Å². The van der Waals surface area contributed by atoms with Crippen molar-refractivity contribution >= 4 is 29.4 Å². The summed E-state index contributed by atoms with van der Waals surface area (Å²) in [6, 6.07) is 12.0. The van der Waals surface area contributed by atoms with Gasteiger partial charge < -0.3 is 26.2 Å². The lowest BCUT2D eigenvalue weighted by molar-refractivity contribution is -0.141. The molecule has 2 aromatic rings. The molecule has 8 nitrogen and oxygen atoms in total. The zero-order valence-corrected chi connectivity index (χ0v) is 19.6. The maximum atomic E-state index is 13.0. The molecule has 5 N–H and O–H groups in total. The molecule has 0 aromatic heterocycles. The van der Waals surface area contributed by atoms with E-state index in [1.54, 1.807) is 26.0 Å². The lowest BCUT2D eigenvalue weighted by atomic mass is 10.0. The van der Waals surface area contributed by atoms with Crippen LogP contribution in [0.15, 0.2) is 48.5 Å². The summed E-state index contributed by atoms with van der Waals surface area (Å²) >= 11 is 6.09. The van der Waals surface area contributed by atoms with Crippen molar-refractivity contribution < 1.29 is 24.2 Å². The summed E-state index contributed by atoms with van der Waals surface area (Å²) in [5.74, 6) is -2.35. The Morgan fingerprint density at radius 3 is 2.33 bits per heavy atom. The van der Waals surface area contributed by atoms with E-state index in [0.29, 0.717) is 11.4 Å². The van der Waals surface area contributed by atoms with Gasteiger partial charge in [-0.3, -0.25) is 14.4 Å². The number of benzene rings is 2. The molecular weight excluding hydrogens is 446 g/mol. The molecule has 0 aliphatic rings. The van der Waals surface area contributed by atoms with Gasteiger partial charge in [0.05, 0.1) is 5.56 Å². The first-order valence-corrected chi connectivity index (χ1v) is 11.0. The number of hydrogen-bond donors (Lipinski definition) is 4. The third-order valence-electron chi connectivity index (χ3n) is 4.94. The fourth-order valence-corrected chi connectivity index (χ4v) is 3.27. The van der Waals surface area contributed by atoms with Crippen LogP contribution < -0.4 is 21.1 Å². The fraction of sp³-hybridized carbons (Fsp3) is 0.375. The van der Waals surface area contributed by atoms with E-state index in [-0.39, 0.29) is 29.9 Å². The predicted molar refractivity (Wildman–Crippen MR) is 126 cm³/mol. The molecule has 2 amide bonds. The topological polar surface area (TPSA) is 131 Å². The van der Waals surface area contributed by atoms with Crippen molar-refractivity contribution in [1.82, 2.24) is 10.6 Å². The van der Waals surface area contributed by atoms with E-state index in [0.717, 1.165) is 5.56 Å². The molecule has 0 spiro atoms. The lowest BCUT2D eigenvalue weighted by Gasteiger charge is -2.23. The van der Waals surface area contributed by atoms with Crippen molar-refractivity contribution in [3.05, 3.63) is 64.7 Å². The van der Waals surface area contributed by atoms with Gasteiger partial charge in [0, 0.05) is 11.1 Å². The molecule has 0 saturated heterocycles. The number of carbonyl (C=O) groups excluding carboxylic acids is 2. The highest BCUT2D eigenvalue weighted by molar-refractivity contribution is 6.31. The molecule has 0 aliphatic carbocycles. The zero-order valence-electron chi connectivity index (χ0n) is 18.9. The molecule has 0 fully saturated rings. The van der Waals surface area contributed by atoms with Crippen molar-refractivity contribution in [2.75, 3.05) is 6.61 Å². The van der Waals surface area contributed by atoms with Crippen LogP contribution in [-0.2, 0) is 16.0 Å². The Bertz CT molecular complexity index is 968. The molecule has 0 saturated carbocycles. The number of aliphatic carboxylic acids is 1. The lowest BCUT2D eigenvalue weighted by Crippen LogP contribution is -2.53. The monoisotopic (exact) mass is 475 g/mol. The van der Waals surface area contributed by atoms with Gasteiger partial charge >= 0.3 is 5.97 Å². The second-order valence-corrected chi connectivity index (χ2v) is 8.60. The Morgan fingerprint density at radius 1 is 1.06 bits per heavy atom. The average Bonchev–Trinajstić information content (AvgIpc) is 2.76. The summed E-state index contributed by atoms with van der Waals surface area (Å²) in [5.41, 5.74) is 7.41. The number of amides is 2. The standard InChI is InChI=1S/C24H30ClN3O5/c1-14(2)21(23(30)27-15(3)24(31)32)28-22(29)19-12-17(25)9-10-20(19)33-13-18(26)11-16-7-5-4-6-8-16/h4-10,12,14-15,18,21H,11,13,26H2,1-3H3,(H,27,30)(H,28,29)(H,31,32)/t15-,18+,21-/m0/s1. The van der Waals surface area contributed by atoms with E-state index in [9.17, 15) is 14.4 Å². The number of carboxylic acid groups (broad SMARTS) is 1. The van der Waals surface area contributed by atoms with E-state index in [4.69, 9.17) is 27.2 Å². The molecule has 9 heteroatoms. The van der Waals surface area contributed by atoms with Crippen LogP contribution in [0.1, 0.15) is 36.7 Å². The van der Waals surface area contributed by atoms with Crippen LogP contribution in [-0.4, -0.2) is 47.6 Å². The molecule has 3 atom stereocenters. The number of ether oxygens (including phenoxy) is 1. The van der Waals surface area contributed by atoms with Crippen molar-refractivity contribution in [1.29, 1.82) is 0 Å². The highest BCUT2D eigenvalue weighted by Gasteiger charge is 2.28. The maximum Gasteiger partial charge on any atom is 0.325 e. The first kappa shape index (κ1) is 26.2. The van der Waals surface area contributed by atoms with E-state index in [1.165, 1.54) is 13.0 Å². The molecule has 0 heterocycles. The van der Waals surface area contributed by atoms with E-state index in [2.05, 4.69) is 10.6 Å². The van der Waals surface area contributed by atoms with E-state index in [1.807, 2.05) is 30.3 Å². The molecule has 33 heavy (non-hydrogen) atoms. The summed E-state index contributed by atoms with van der Waals surface area (Å²) in [5, 5.41) is 14.4. The number of hydrogen-bond acceptors (Lipinski definition) is 5. The van der Waals surface area contributed by atoms with Gasteiger partial charge in [0.2, 0.25) is 5.91 Å². The van der Waals surface area contributed by atoms with Crippen LogP contribution in [0.3, 0.4) is 0 Å². The molecule has 0 bridgehead atoms. The molecule has 2 rings (SSSR count). The Balaban J connectivity index is 2.11. The number of carboxylic acids is 1. The Hall–Kier alpha value is -3.10. The van der Waals surface area contributed by atoms with Crippen LogP contribution in [0, 0.1) is 5.92 Å². The van der Waals surface area contributed by atoms with Gasteiger partial charge in [-0.1, -0.05) is 55.8 Å². The summed E-state index contributed by atoms with van der Waals surface area (Å²) in [6.45, 7) is 5.00. The summed E-state index contributed by atoms with van der Waals surface area (Å²) in [4.78, 5) is 36.6. The minimum atomic E-state index is -1.17. The number of nitrogens with two attached hydrogens (primary N) is 1. The van der Waals surface area contributed by atoms with Gasteiger partial charge in [-0.05, 0) is 43.0 Å². The second kappa shape index (κ2) is 12.2. The highest BCUT2D eigenvalue weighted by atomic mass is 35.5. The minimum Gasteiger partial charge on any atom is -0.491 e. The maximum absolute atomic E-state index is 13.0. The molecule has 0 aliphatic heterocycles. The van der Waals surface area contributed by atoms with Crippen molar-refractivity contribution in [3.63, 3.8) is 0 Å². The van der Waals surface area contributed by atoms with Crippen LogP contribution in [0.2, 0.25) is 5.02 Å². The van der Waals surface area contributed by atoms with Gasteiger partial charge in [-0.15, -0.1) is 0 Å². The Morgan fingerprint density at radius 2 is 1.73 bits per heavy atom. The van der Waals surface area contributed by atoms with Crippen LogP contribution in [0.25, 0.3) is 0 Å². The van der Waals surface area contributed by atoms with Gasteiger partial charge in [0.15, 0.2) is 0 Å². The van der Waals surface area contributed by atoms with Crippen LogP contribution >= 0.6 is 11.6 Å². The molecule has 0 radical (unpaired) electrons. The van der Waals surface area contributed by atoms with Crippen LogP contribution in [0.5, 0.6) is 5.75 Å². The Labute approximate surface area is 198 Å². The van der Waals surface area contributed by atoms with Gasteiger partial charge in [-0.25, -0.2) is 0 Å². The van der Waals surface area contributed by atoms with Crippen molar-refractivity contribution in [3.8, 4) is 5.75 Å². The van der Waals surface area contributed by atoms with Crippen molar-refractivity contribution in [2.45, 2.75) is 45.3 Å². The number of nitrogens with one attached hydrogen (secondary N) is 2. The highest BCUT2D eigenvalue weighted by Crippen LogP contribution is 2.24. The Kier molecular flexibility index (Phi) is 9.69. The first-order valence-electron chi connectivity index (χ1n) is 10.6. The number of rotatable bonds is 11. The van der Waals surface area contributed by atoms with Crippen molar-refractivity contribution in [2.24, 2.45) is 11.7 Å². The summed E-state index contributed by atoms with van der Waals surface area (Å²) < 4.78 is 5.82. The third-order valence-corrected chi connectivity index (χ3v) is 5.18. The normalized spacial score (nSPS) is 13.6. The molecule has 178 valence electrons. The average molecular weight is 476 g/mol. The fourth-order valence-electron chi connectivity index (χ4n) is 3.10. The summed E-state index contributed by atoms with van der Waals surface area (Å²) in [7, 11) is 0. The van der Waals surface area contributed by atoms with Gasteiger partial charge in [-0.2, -0.15) is 0 Å². The molecule has 0 unspecified atom stereocenters. The summed E-state index contributed by atoms with van der Waals surface area (Å²) in [6.07, 6.45) is 0.604. The predicted octanol–water partition coefficient (Wildman–Crippen LogP) is 2.63. The number of halogens is 1. The first-order chi connectivity index (χ1) is 15.6. The third kappa shape index (κ3) is 8.07. The van der Waals surface area contributed by atoms with Crippen LogP contribution in [0.4, 0.5) is 0 Å². The second-order valence-electron chi connectivity index (χ2n) is 8.16. The molecular formula is C24H30ClN3O5. The smallest absolute Gasteiger partial charge is 0.325 e.